The first-order chi connectivity index (χ1) is 11.5. The number of carbonyl (C=O) groups excluding carboxylic acids is 2. The maximum atomic E-state index is 12.5. The molecule has 6 heteroatoms. The fourth-order valence-electron chi connectivity index (χ4n) is 2.83. The highest BCUT2D eigenvalue weighted by Crippen LogP contribution is 2.24. The molecule has 0 spiro atoms. The van der Waals surface area contributed by atoms with Crippen molar-refractivity contribution in [3.63, 3.8) is 0 Å². The van der Waals surface area contributed by atoms with Crippen LogP contribution in [0.5, 0.6) is 0 Å². The SMILES string of the molecule is CN(C)[C@@H](CNC(=O)c1ccc2c(c1)CCC(=O)N2)c1cccs1. The molecule has 0 bridgehead atoms. The van der Waals surface area contributed by atoms with Gasteiger partial charge in [0.1, 0.15) is 0 Å². The van der Waals surface area contributed by atoms with Gasteiger partial charge in [0.15, 0.2) is 0 Å². The lowest BCUT2D eigenvalue weighted by molar-refractivity contribution is -0.116. The number of likely N-dealkylation sites (N-methyl/N-ethyl adjacent to an activating group) is 1. The molecule has 2 aromatic rings. The predicted octanol–water partition coefficient (Wildman–Crippen LogP) is 2.67. The van der Waals surface area contributed by atoms with Crippen LogP contribution < -0.4 is 10.6 Å². The van der Waals surface area contributed by atoms with Crippen LogP contribution in [0.3, 0.4) is 0 Å². The van der Waals surface area contributed by atoms with Crippen molar-refractivity contribution in [1.82, 2.24) is 10.2 Å². The zero-order valence-electron chi connectivity index (χ0n) is 13.8. The Hall–Kier alpha value is -2.18. The first kappa shape index (κ1) is 16.7. The van der Waals surface area contributed by atoms with E-state index in [9.17, 15) is 9.59 Å². The highest BCUT2D eigenvalue weighted by Gasteiger charge is 2.19. The molecule has 2 heterocycles. The Bertz CT molecular complexity index is 741. The molecule has 2 amide bonds. The van der Waals surface area contributed by atoms with E-state index < -0.39 is 0 Å². The number of hydrogen-bond donors (Lipinski definition) is 2. The van der Waals surface area contributed by atoms with Crippen molar-refractivity contribution in [2.24, 2.45) is 0 Å². The van der Waals surface area contributed by atoms with Gasteiger partial charge in [-0.1, -0.05) is 6.07 Å². The number of benzene rings is 1. The van der Waals surface area contributed by atoms with E-state index in [1.165, 1.54) is 4.88 Å². The lowest BCUT2D eigenvalue weighted by atomic mass is 10.00. The summed E-state index contributed by atoms with van der Waals surface area (Å²) in [5, 5.41) is 7.90. The molecule has 1 atom stereocenters. The molecular formula is C18H21N3O2S. The van der Waals surface area contributed by atoms with Gasteiger partial charge in [0, 0.05) is 29.1 Å². The minimum absolute atomic E-state index is 0.0319. The summed E-state index contributed by atoms with van der Waals surface area (Å²) in [6.07, 6.45) is 1.15. The smallest absolute Gasteiger partial charge is 0.251 e. The molecule has 126 valence electrons. The number of carbonyl (C=O) groups is 2. The quantitative estimate of drug-likeness (QED) is 0.877. The molecule has 0 saturated heterocycles. The van der Waals surface area contributed by atoms with Gasteiger partial charge in [-0.25, -0.2) is 0 Å². The number of thiophene rings is 1. The fraction of sp³-hybridized carbons (Fsp3) is 0.333. The second-order valence-corrected chi connectivity index (χ2v) is 7.10. The third kappa shape index (κ3) is 3.66. The van der Waals surface area contributed by atoms with E-state index in [1.54, 1.807) is 17.4 Å². The molecule has 0 fully saturated rings. The Labute approximate surface area is 145 Å². The van der Waals surface area contributed by atoms with Crippen LogP contribution in [-0.2, 0) is 11.2 Å². The molecule has 0 radical (unpaired) electrons. The summed E-state index contributed by atoms with van der Waals surface area (Å²) in [6.45, 7) is 0.556. The van der Waals surface area contributed by atoms with Crippen LogP contribution in [-0.4, -0.2) is 37.4 Å². The standard InChI is InChI=1S/C18H21N3O2S/c1-21(2)15(16-4-3-9-24-16)11-19-18(23)13-5-7-14-12(10-13)6-8-17(22)20-14/h3-5,7,9-10,15H,6,8,11H2,1-2H3,(H,19,23)(H,20,22)/t15-/m0/s1. The fourth-order valence-corrected chi connectivity index (χ4v) is 3.76. The van der Waals surface area contributed by atoms with Gasteiger partial charge in [-0.15, -0.1) is 11.3 Å². The van der Waals surface area contributed by atoms with Crippen LogP contribution >= 0.6 is 11.3 Å². The molecule has 24 heavy (non-hydrogen) atoms. The highest BCUT2D eigenvalue weighted by atomic mass is 32.1. The predicted molar refractivity (Wildman–Crippen MR) is 96.5 cm³/mol. The number of amides is 2. The summed E-state index contributed by atoms with van der Waals surface area (Å²) in [4.78, 5) is 27.2. The molecule has 1 aromatic carbocycles. The van der Waals surface area contributed by atoms with Gasteiger partial charge >= 0.3 is 0 Å². The van der Waals surface area contributed by atoms with Crippen molar-refractivity contribution >= 4 is 28.8 Å². The van der Waals surface area contributed by atoms with Crippen LogP contribution in [0.1, 0.15) is 33.3 Å². The Morgan fingerprint density at radius 1 is 1.33 bits per heavy atom. The van der Waals surface area contributed by atoms with Crippen LogP contribution in [0.2, 0.25) is 0 Å². The number of anilines is 1. The van der Waals surface area contributed by atoms with Crippen molar-refractivity contribution in [3.05, 3.63) is 51.7 Å². The molecule has 0 unspecified atom stereocenters. The van der Waals surface area contributed by atoms with Crippen LogP contribution in [0.25, 0.3) is 0 Å². The summed E-state index contributed by atoms with van der Waals surface area (Å²) >= 11 is 1.69. The largest absolute Gasteiger partial charge is 0.350 e. The average Bonchev–Trinajstić information content (AvgIpc) is 3.08. The van der Waals surface area contributed by atoms with E-state index in [4.69, 9.17) is 0 Å². The van der Waals surface area contributed by atoms with Crippen LogP contribution in [0.4, 0.5) is 5.69 Å². The van der Waals surface area contributed by atoms with Gasteiger partial charge in [-0.05, 0) is 55.7 Å². The minimum atomic E-state index is -0.0851. The monoisotopic (exact) mass is 343 g/mol. The second-order valence-electron chi connectivity index (χ2n) is 6.12. The van der Waals surface area contributed by atoms with Gasteiger partial charge in [-0.2, -0.15) is 0 Å². The van der Waals surface area contributed by atoms with Gasteiger partial charge in [-0.3, -0.25) is 9.59 Å². The molecule has 1 aromatic heterocycles. The molecule has 1 aliphatic rings. The maximum absolute atomic E-state index is 12.5. The zero-order chi connectivity index (χ0) is 17.1. The van der Waals surface area contributed by atoms with Crippen LogP contribution in [0, 0.1) is 0 Å². The number of nitrogens with zero attached hydrogens (tertiary/aromatic N) is 1. The van der Waals surface area contributed by atoms with E-state index in [1.807, 2.05) is 37.7 Å². The second kappa shape index (κ2) is 7.15. The van der Waals surface area contributed by atoms with E-state index >= 15 is 0 Å². The summed E-state index contributed by atoms with van der Waals surface area (Å²) in [5.74, 6) is -0.0532. The van der Waals surface area contributed by atoms with Crippen molar-refractivity contribution in [2.45, 2.75) is 18.9 Å². The average molecular weight is 343 g/mol. The molecule has 5 nitrogen and oxygen atoms in total. The molecule has 3 rings (SSSR count). The van der Waals surface area contributed by atoms with E-state index in [0.29, 0.717) is 24.9 Å². The van der Waals surface area contributed by atoms with Crippen molar-refractivity contribution in [1.29, 1.82) is 0 Å². The summed E-state index contributed by atoms with van der Waals surface area (Å²) in [6, 6.07) is 9.71. The Morgan fingerprint density at radius 3 is 2.88 bits per heavy atom. The van der Waals surface area contributed by atoms with Crippen molar-refractivity contribution < 1.29 is 9.59 Å². The molecular weight excluding hydrogens is 322 g/mol. The molecule has 0 saturated carbocycles. The van der Waals surface area contributed by atoms with Gasteiger partial charge in [0.25, 0.3) is 5.91 Å². The Kier molecular flexibility index (Phi) is 4.97. The van der Waals surface area contributed by atoms with E-state index in [0.717, 1.165) is 11.3 Å². The first-order valence-electron chi connectivity index (χ1n) is 7.95. The van der Waals surface area contributed by atoms with Crippen LogP contribution in [0.15, 0.2) is 35.7 Å². The minimum Gasteiger partial charge on any atom is -0.350 e. The number of rotatable bonds is 5. The summed E-state index contributed by atoms with van der Waals surface area (Å²) in [5.41, 5.74) is 2.46. The molecule has 2 N–H and O–H groups in total. The van der Waals surface area contributed by atoms with Crippen molar-refractivity contribution in [2.75, 3.05) is 26.0 Å². The highest BCUT2D eigenvalue weighted by molar-refractivity contribution is 7.10. The topological polar surface area (TPSA) is 61.4 Å². The first-order valence-corrected chi connectivity index (χ1v) is 8.83. The lowest BCUT2D eigenvalue weighted by Crippen LogP contribution is -2.34. The molecule has 1 aliphatic heterocycles. The Morgan fingerprint density at radius 2 is 2.17 bits per heavy atom. The van der Waals surface area contributed by atoms with Gasteiger partial charge in [0.05, 0.1) is 6.04 Å². The van der Waals surface area contributed by atoms with Crippen molar-refractivity contribution in [3.8, 4) is 0 Å². The number of hydrogen-bond acceptors (Lipinski definition) is 4. The van der Waals surface area contributed by atoms with E-state index in [-0.39, 0.29) is 17.9 Å². The zero-order valence-corrected chi connectivity index (χ0v) is 14.7. The number of fused-ring (bicyclic) bond motifs is 1. The van der Waals surface area contributed by atoms with Gasteiger partial charge in [0.2, 0.25) is 5.91 Å². The summed E-state index contributed by atoms with van der Waals surface area (Å²) in [7, 11) is 4.02. The van der Waals surface area contributed by atoms with E-state index in [2.05, 4.69) is 21.6 Å². The lowest BCUT2D eigenvalue weighted by Gasteiger charge is -2.23. The summed E-state index contributed by atoms with van der Waals surface area (Å²) < 4.78 is 0. The van der Waals surface area contributed by atoms with Gasteiger partial charge < -0.3 is 15.5 Å². The third-order valence-electron chi connectivity index (χ3n) is 4.21. The Balaban J connectivity index is 1.68. The molecule has 0 aliphatic carbocycles. The number of aryl methyl sites for hydroxylation is 1. The third-order valence-corrected chi connectivity index (χ3v) is 5.19. The normalized spacial score (nSPS) is 14.9. The maximum Gasteiger partial charge on any atom is 0.251 e. The number of nitrogens with one attached hydrogen (secondary N) is 2.